The Morgan fingerprint density at radius 2 is 2.00 bits per heavy atom. The van der Waals surface area contributed by atoms with Crippen molar-refractivity contribution in [2.75, 3.05) is 7.11 Å². The van der Waals surface area contributed by atoms with Crippen molar-refractivity contribution in [2.24, 2.45) is 28.6 Å². The summed E-state index contributed by atoms with van der Waals surface area (Å²) >= 11 is 0. The van der Waals surface area contributed by atoms with Crippen molar-refractivity contribution in [2.45, 2.75) is 62.6 Å². The van der Waals surface area contributed by atoms with Crippen LogP contribution in [-0.4, -0.2) is 38.5 Å². The van der Waals surface area contributed by atoms with Crippen molar-refractivity contribution < 1.29 is 18.8 Å². The molecule has 3 saturated carbocycles. The van der Waals surface area contributed by atoms with Crippen molar-refractivity contribution in [3.05, 3.63) is 12.2 Å². The zero-order valence-corrected chi connectivity index (χ0v) is 15.8. The zero-order valence-electron chi connectivity index (χ0n) is 15.0. The summed E-state index contributed by atoms with van der Waals surface area (Å²) in [6.45, 7) is 6.51. The number of hydrogen-bond donors (Lipinski definition) is 1. The minimum absolute atomic E-state index is 0.0157. The van der Waals surface area contributed by atoms with Gasteiger partial charge in [0, 0.05) is 22.1 Å². The normalized spacial score (nSPS) is 52.0. The summed E-state index contributed by atoms with van der Waals surface area (Å²) in [4.78, 5) is 12.7. The second kappa shape index (κ2) is 4.94. The number of rotatable bonds is 3. The van der Waals surface area contributed by atoms with Gasteiger partial charge in [-0.15, -0.1) is 0 Å². The number of ether oxygens (including phenoxy) is 1. The second-order valence-electron chi connectivity index (χ2n) is 9.06. The smallest absolute Gasteiger partial charge is 0.325 e. The minimum Gasteiger partial charge on any atom is -0.468 e. The highest BCUT2D eigenvalue weighted by Crippen LogP contribution is 2.68. The summed E-state index contributed by atoms with van der Waals surface area (Å²) in [5.41, 5.74) is -0.278. The number of esters is 1. The summed E-state index contributed by atoms with van der Waals surface area (Å²) in [6, 6.07) is 0. The highest BCUT2D eigenvalue weighted by molar-refractivity contribution is 7.88. The Morgan fingerprint density at radius 3 is 2.46 bits per heavy atom. The van der Waals surface area contributed by atoms with Crippen molar-refractivity contribution >= 4 is 16.8 Å². The van der Waals surface area contributed by atoms with Crippen molar-refractivity contribution in [1.29, 1.82) is 0 Å². The largest absolute Gasteiger partial charge is 0.468 e. The molecule has 0 spiro atoms. The summed E-state index contributed by atoms with van der Waals surface area (Å²) in [7, 11) is -0.0484. The van der Waals surface area contributed by atoms with E-state index >= 15 is 0 Å². The second-order valence-corrected chi connectivity index (χ2v) is 10.9. The molecular formula is C19H28O4S. The van der Waals surface area contributed by atoms with E-state index in [0.29, 0.717) is 12.3 Å². The maximum atomic E-state index is 13.8. The molecule has 0 saturated heterocycles. The van der Waals surface area contributed by atoms with E-state index in [1.165, 1.54) is 7.11 Å². The maximum Gasteiger partial charge on any atom is 0.325 e. The molecule has 0 radical (unpaired) electrons. The molecule has 24 heavy (non-hydrogen) atoms. The van der Waals surface area contributed by atoms with Gasteiger partial charge in [0.05, 0.1) is 18.5 Å². The predicted molar refractivity (Wildman–Crippen MR) is 92.7 cm³/mol. The number of allylic oxidation sites excluding steroid dienone is 2. The first-order valence-corrected chi connectivity index (χ1v) is 10.3. The first-order chi connectivity index (χ1) is 11.2. The molecular weight excluding hydrogens is 324 g/mol. The molecule has 5 heteroatoms. The van der Waals surface area contributed by atoms with Crippen LogP contribution in [0.15, 0.2) is 12.2 Å². The van der Waals surface area contributed by atoms with Crippen LogP contribution in [0.5, 0.6) is 0 Å². The fourth-order valence-corrected chi connectivity index (χ4v) is 9.19. The number of hydrogen-bond acceptors (Lipinski definition) is 4. The van der Waals surface area contributed by atoms with Gasteiger partial charge >= 0.3 is 5.97 Å². The first-order valence-electron chi connectivity index (χ1n) is 9.05. The van der Waals surface area contributed by atoms with Crippen LogP contribution >= 0.6 is 0 Å². The van der Waals surface area contributed by atoms with Crippen LogP contribution in [0, 0.1) is 28.6 Å². The van der Waals surface area contributed by atoms with E-state index in [1.807, 2.05) is 0 Å². The number of aliphatic hydroxyl groups is 1. The third-order valence-electron chi connectivity index (χ3n) is 8.21. The molecule has 0 aromatic rings. The monoisotopic (exact) mass is 352 g/mol. The van der Waals surface area contributed by atoms with Crippen LogP contribution < -0.4 is 0 Å². The van der Waals surface area contributed by atoms with Gasteiger partial charge < -0.3 is 9.84 Å². The van der Waals surface area contributed by atoms with Crippen molar-refractivity contribution in [3.8, 4) is 0 Å². The lowest BCUT2D eigenvalue weighted by Crippen LogP contribution is -2.55. The topological polar surface area (TPSA) is 63.6 Å². The molecule has 1 unspecified atom stereocenters. The average Bonchev–Trinajstić information content (AvgIpc) is 3.24. The molecule has 0 amide bonds. The Kier molecular flexibility index (Phi) is 3.45. The van der Waals surface area contributed by atoms with Gasteiger partial charge in [-0.05, 0) is 42.9 Å². The zero-order chi connectivity index (χ0) is 17.5. The molecule has 8 atom stereocenters. The van der Waals surface area contributed by atoms with E-state index in [2.05, 4.69) is 32.9 Å². The van der Waals surface area contributed by atoms with E-state index in [0.717, 1.165) is 19.3 Å². The number of aliphatic hydroxyl groups excluding tert-OH is 1. The molecule has 134 valence electrons. The van der Waals surface area contributed by atoms with Crippen LogP contribution in [-0.2, 0) is 20.3 Å². The highest BCUT2D eigenvalue weighted by Gasteiger charge is 2.71. The van der Waals surface area contributed by atoms with Crippen LogP contribution in [0.2, 0.25) is 0 Å². The van der Waals surface area contributed by atoms with Gasteiger partial charge in [0.15, 0.2) is 0 Å². The number of carbonyl (C=O) groups is 1. The van der Waals surface area contributed by atoms with E-state index in [4.69, 9.17) is 4.74 Å². The first kappa shape index (κ1) is 16.8. The molecule has 4 nitrogen and oxygen atoms in total. The lowest BCUT2D eigenvalue weighted by molar-refractivity contribution is -0.144. The van der Waals surface area contributed by atoms with E-state index in [-0.39, 0.29) is 33.9 Å². The lowest BCUT2D eigenvalue weighted by Gasteiger charge is -2.39. The Morgan fingerprint density at radius 1 is 1.29 bits per heavy atom. The summed E-state index contributed by atoms with van der Waals surface area (Å²) < 4.78 is 18.0. The molecule has 0 aromatic carbocycles. The quantitative estimate of drug-likeness (QED) is 0.626. The molecule has 0 heterocycles. The average molecular weight is 352 g/mol. The lowest BCUT2D eigenvalue weighted by atomic mass is 9.70. The van der Waals surface area contributed by atoms with Crippen molar-refractivity contribution in [1.82, 2.24) is 0 Å². The number of methoxy groups -OCH3 is 1. The molecule has 0 aromatic heterocycles. The fraction of sp³-hybridized carbons (Fsp3) is 0.842. The Hall–Kier alpha value is -0.680. The van der Waals surface area contributed by atoms with Gasteiger partial charge in [0.2, 0.25) is 0 Å². The molecule has 0 aliphatic heterocycles. The van der Waals surface area contributed by atoms with E-state index in [9.17, 15) is 14.1 Å². The highest BCUT2D eigenvalue weighted by atomic mass is 32.2. The van der Waals surface area contributed by atoms with Gasteiger partial charge in [0.25, 0.3) is 0 Å². The van der Waals surface area contributed by atoms with Crippen molar-refractivity contribution in [3.63, 3.8) is 0 Å². The third-order valence-corrected chi connectivity index (χ3v) is 10.6. The van der Waals surface area contributed by atoms with Gasteiger partial charge in [-0.3, -0.25) is 9.00 Å². The Bertz CT molecular complexity index is 641. The Balaban J connectivity index is 1.76. The number of carbonyl (C=O) groups excluding carboxylic acids is 1. The summed E-state index contributed by atoms with van der Waals surface area (Å²) in [5, 5.41) is 10.8. The standard InChI is InChI=1S/C19H28O4S/c1-17(2)13-7-8-18(17,3)15(20)14(13)24(22)19(16(21)23-4)10-11-5-6-12(19)9-11/h5-6,11-15,20H,7-10H2,1-4H3/t11-,12+,13-,14-,15-,18+,19+,24?/m1/s1. The molecule has 4 bridgehead atoms. The molecule has 4 rings (SSSR count). The fourth-order valence-electron chi connectivity index (χ4n) is 6.29. The Labute approximate surface area is 146 Å². The van der Waals surface area contributed by atoms with Gasteiger partial charge in [-0.1, -0.05) is 32.9 Å². The summed E-state index contributed by atoms with van der Waals surface area (Å²) in [6.07, 6.45) is 7.02. The molecule has 4 aliphatic rings. The van der Waals surface area contributed by atoms with Crippen LogP contribution in [0.4, 0.5) is 0 Å². The summed E-state index contributed by atoms with van der Waals surface area (Å²) in [5.74, 6) is 0.147. The molecule has 1 N–H and O–H groups in total. The SMILES string of the molecule is COC(=O)[C@]1(S(=O)[C@@H]2[C@H]3CC[C@@](C)([C@@H]2O)C3(C)C)C[C@@H]2C=C[C@H]1C2. The van der Waals surface area contributed by atoms with Gasteiger partial charge in [0.1, 0.15) is 4.75 Å². The molecule has 4 aliphatic carbocycles. The predicted octanol–water partition coefficient (Wildman–Crippen LogP) is 2.43. The van der Waals surface area contributed by atoms with Crippen LogP contribution in [0.25, 0.3) is 0 Å². The van der Waals surface area contributed by atoms with E-state index < -0.39 is 21.7 Å². The maximum absolute atomic E-state index is 13.8. The minimum atomic E-state index is -1.44. The van der Waals surface area contributed by atoms with Crippen LogP contribution in [0.1, 0.15) is 46.5 Å². The van der Waals surface area contributed by atoms with Gasteiger partial charge in [-0.25, -0.2) is 0 Å². The van der Waals surface area contributed by atoms with Crippen LogP contribution in [0.3, 0.4) is 0 Å². The molecule has 3 fully saturated rings. The van der Waals surface area contributed by atoms with E-state index in [1.54, 1.807) is 0 Å². The van der Waals surface area contributed by atoms with Gasteiger partial charge in [-0.2, -0.15) is 0 Å². The third kappa shape index (κ3) is 1.68. The number of fused-ring (bicyclic) bond motifs is 4.